The number of rotatable bonds is 4. The molecular weight excluding hydrogens is 346 g/mol. The summed E-state index contributed by atoms with van der Waals surface area (Å²) in [7, 11) is -3.74. The average Bonchev–Trinajstić information content (AvgIpc) is 2.60. The van der Waals surface area contributed by atoms with Crippen LogP contribution in [0.4, 0.5) is 0 Å². The van der Waals surface area contributed by atoms with Crippen molar-refractivity contribution in [2.24, 2.45) is 11.1 Å². The van der Waals surface area contributed by atoms with Crippen molar-refractivity contribution in [3.63, 3.8) is 0 Å². The third-order valence-electron chi connectivity index (χ3n) is 5.60. The molecule has 1 aliphatic rings. The smallest absolute Gasteiger partial charge is 0.238 e. The van der Waals surface area contributed by atoms with E-state index >= 15 is 0 Å². The molecule has 2 aromatic rings. The summed E-state index contributed by atoms with van der Waals surface area (Å²) in [6, 6.07) is 15.2. The molecule has 3 N–H and O–H groups in total. The Morgan fingerprint density at radius 1 is 1.00 bits per heavy atom. The minimum Gasteiger partial charge on any atom is -0.390 e. The zero-order valence-corrected chi connectivity index (χ0v) is 16.2. The van der Waals surface area contributed by atoms with Gasteiger partial charge >= 0.3 is 0 Å². The number of hydrogen-bond acceptors (Lipinski definition) is 3. The number of aliphatic hydroxyl groups is 1. The normalized spacial score (nSPS) is 21.5. The fourth-order valence-electron chi connectivity index (χ4n) is 4.05. The van der Waals surface area contributed by atoms with Gasteiger partial charge in [0.15, 0.2) is 0 Å². The van der Waals surface area contributed by atoms with Gasteiger partial charge in [-0.15, -0.1) is 0 Å². The van der Waals surface area contributed by atoms with Crippen LogP contribution < -0.4 is 5.14 Å². The quantitative estimate of drug-likeness (QED) is 0.848. The summed E-state index contributed by atoms with van der Waals surface area (Å²) in [4.78, 5) is 0.164. The standard InChI is InChI=1S/C21H27NO3S/c1-21(2,23)17-10-8-16(9-11-17)20-14-18(26(22,24)25)12-13-19(20)15-6-4-3-5-7-15/h3-7,12-14,16-17,23H,8-11H2,1-2H3,(H2,22,24,25)/t16-,17-. The molecule has 0 atom stereocenters. The van der Waals surface area contributed by atoms with E-state index in [-0.39, 0.29) is 16.7 Å². The van der Waals surface area contributed by atoms with E-state index in [1.165, 1.54) is 0 Å². The van der Waals surface area contributed by atoms with Crippen molar-refractivity contribution in [1.82, 2.24) is 0 Å². The predicted octanol–water partition coefficient (Wildman–Crippen LogP) is 4.05. The molecular formula is C21H27NO3S. The molecule has 5 heteroatoms. The van der Waals surface area contributed by atoms with E-state index in [9.17, 15) is 13.5 Å². The van der Waals surface area contributed by atoms with Crippen LogP contribution in [-0.2, 0) is 10.0 Å². The zero-order valence-electron chi connectivity index (χ0n) is 15.4. The van der Waals surface area contributed by atoms with E-state index < -0.39 is 15.6 Å². The first-order valence-corrected chi connectivity index (χ1v) is 10.7. The molecule has 1 aliphatic carbocycles. The van der Waals surface area contributed by atoms with Crippen molar-refractivity contribution in [2.45, 2.75) is 55.9 Å². The highest BCUT2D eigenvalue weighted by atomic mass is 32.2. The van der Waals surface area contributed by atoms with E-state index in [1.54, 1.807) is 12.1 Å². The van der Waals surface area contributed by atoms with Crippen molar-refractivity contribution in [2.75, 3.05) is 0 Å². The lowest BCUT2D eigenvalue weighted by atomic mass is 9.72. The molecule has 0 spiro atoms. The monoisotopic (exact) mass is 373 g/mol. The van der Waals surface area contributed by atoms with Gasteiger partial charge in [0.05, 0.1) is 10.5 Å². The SMILES string of the molecule is CC(C)(O)[C@H]1CC[C@H](c2cc(S(N)(=O)=O)ccc2-c2ccccc2)CC1. The molecule has 2 aromatic carbocycles. The van der Waals surface area contributed by atoms with Gasteiger partial charge in [-0.1, -0.05) is 36.4 Å². The summed E-state index contributed by atoms with van der Waals surface area (Å²) in [5.74, 6) is 0.547. The van der Waals surface area contributed by atoms with Crippen LogP contribution in [0.25, 0.3) is 11.1 Å². The fourth-order valence-corrected chi connectivity index (χ4v) is 4.60. The van der Waals surface area contributed by atoms with Gasteiger partial charge in [-0.25, -0.2) is 13.6 Å². The van der Waals surface area contributed by atoms with E-state index in [4.69, 9.17) is 5.14 Å². The van der Waals surface area contributed by atoms with Crippen molar-refractivity contribution in [1.29, 1.82) is 0 Å². The molecule has 140 valence electrons. The largest absolute Gasteiger partial charge is 0.390 e. The first kappa shape index (κ1) is 19.1. The number of sulfonamides is 1. The second kappa shape index (κ2) is 7.14. The van der Waals surface area contributed by atoms with Crippen molar-refractivity contribution in [3.05, 3.63) is 54.1 Å². The van der Waals surface area contributed by atoms with Gasteiger partial charge in [-0.2, -0.15) is 0 Å². The van der Waals surface area contributed by atoms with E-state index in [2.05, 4.69) is 0 Å². The molecule has 1 fully saturated rings. The van der Waals surface area contributed by atoms with E-state index in [0.29, 0.717) is 0 Å². The van der Waals surface area contributed by atoms with Gasteiger partial charge in [-0.05, 0) is 80.2 Å². The van der Waals surface area contributed by atoms with Crippen molar-refractivity contribution in [3.8, 4) is 11.1 Å². The lowest BCUT2D eigenvalue weighted by Crippen LogP contribution is -2.33. The molecule has 0 bridgehead atoms. The molecule has 4 nitrogen and oxygen atoms in total. The Morgan fingerprint density at radius 2 is 1.62 bits per heavy atom. The first-order chi connectivity index (χ1) is 12.2. The van der Waals surface area contributed by atoms with Gasteiger partial charge in [0.2, 0.25) is 10.0 Å². The predicted molar refractivity (Wildman–Crippen MR) is 104 cm³/mol. The molecule has 0 amide bonds. The fraction of sp³-hybridized carbons (Fsp3) is 0.429. The molecule has 0 heterocycles. The molecule has 0 radical (unpaired) electrons. The van der Waals surface area contributed by atoms with Gasteiger partial charge < -0.3 is 5.11 Å². The Labute approximate surface area is 156 Å². The molecule has 0 aliphatic heterocycles. The summed E-state index contributed by atoms with van der Waals surface area (Å²) >= 11 is 0. The lowest BCUT2D eigenvalue weighted by Gasteiger charge is -2.36. The number of hydrogen-bond donors (Lipinski definition) is 2. The van der Waals surface area contributed by atoms with Gasteiger partial charge in [0.1, 0.15) is 0 Å². The minimum absolute atomic E-state index is 0.164. The summed E-state index contributed by atoms with van der Waals surface area (Å²) in [6.45, 7) is 3.74. The summed E-state index contributed by atoms with van der Waals surface area (Å²) < 4.78 is 23.7. The van der Waals surface area contributed by atoms with Crippen molar-refractivity contribution >= 4 is 10.0 Å². The molecule has 0 saturated heterocycles. The molecule has 26 heavy (non-hydrogen) atoms. The maximum absolute atomic E-state index is 11.8. The second-order valence-corrected chi connectivity index (χ2v) is 9.42. The topological polar surface area (TPSA) is 80.4 Å². The van der Waals surface area contributed by atoms with E-state index in [0.717, 1.165) is 42.4 Å². The summed E-state index contributed by atoms with van der Waals surface area (Å²) in [5, 5.41) is 15.6. The molecule has 3 rings (SSSR count). The van der Waals surface area contributed by atoms with Crippen LogP contribution >= 0.6 is 0 Å². The highest BCUT2D eigenvalue weighted by molar-refractivity contribution is 7.89. The third kappa shape index (κ3) is 4.17. The number of primary sulfonamides is 1. The number of benzene rings is 2. The Hall–Kier alpha value is -1.69. The molecule has 0 unspecified atom stereocenters. The van der Waals surface area contributed by atoms with Crippen LogP contribution in [0, 0.1) is 5.92 Å². The summed E-state index contributed by atoms with van der Waals surface area (Å²) in [6.07, 6.45) is 3.73. The van der Waals surface area contributed by atoms with Crippen LogP contribution in [0.2, 0.25) is 0 Å². The Morgan fingerprint density at radius 3 is 2.15 bits per heavy atom. The maximum Gasteiger partial charge on any atom is 0.238 e. The Kier molecular flexibility index (Phi) is 5.24. The third-order valence-corrected chi connectivity index (χ3v) is 6.51. The van der Waals surface area contributed by atoms with Crippen LogP contribution in [-0.4, -0.2) is 19.1 Å². The maximum atomic E-state index is 11.8. The first-order valence-electron chi connectivity index (χ1n) is 9.11. The van der Waals surface area contributed by atoms with Gasteiger partial charge in [-0.3, -0.25) is 0 Å². The average molecular weight is 374 g/mol. The zero-order chi connectivity index (χ0) is 18.9. The Balaban J connectivity index is 1.99. The Bertz CT molecular complexity index is 862. The van der Waals surface area contributed by atoms with Gasteiger partial charge in [0.25, 0.3) is 0 Å². The highest BCUT2D eigenvalue weighted by Gasteiger charge is 2.32. The van der Waals surface area contributed by atoms with Crippen LogP contribution in [0.5, 0.6) is 0 Å². The molecule has 0 aromatic heterocycles. The minimum atomic E-state index is -3.74. The second-order valence-electron chi connectivity index (χ2n) is 7.86. The van der Waals surface area contributed by atoms with Crippen LogP contribution in [0.1, 0.15) is 51.0 Å². The van der Waals surface area contributed by atoms with Crippen molar-refractivity contribution < 1.29 is 13.5 Å². The van der Waals surface area contributed by atoms with Crippen LogP contribution in [0.15, 0.2) is 53.4 Å². The van der Waals surface area contributed by atoms with Gasteiger partial charge in [0, 0.05) is 0 Å². The summed E-state index contributed by atoms with van der Waals surface area (Å²) in [5.41, 5.74) is 2.50. The highest BCUT2D eigenvalue weighted by Crippen LogP contribution is 2.43. The lowest BCUT2D eigenvalue weighted by molar-refractivity contribution is -0.00154. The van der Waals surface area contributed by atoms with Crippen LogP contribution in [0.3, 0.4) is 0 Å². The molecule has 1 saturated carbocycles. The number of nitrogens with two attached hydrogens (primary N) is 1. The van der Waals surface area contributed by atoms with E-state index in [1.807, 2.05) is 50.2 Å².